The molecule has 27 heavy (non-hydrogen) atoms. The molecule has 1 heterocycles. The first kappa shape index (κ1) is 19.5. The van der Waals surface area contributed by atoms with Gasteiger partial charge in [0.25, 0.3) is 0 Å². The molecule has 144 valence electrons. The third-order valence-corrected chi connectivity index (χ3v) is 5.50. The third kappa shape index (κ3) is 4.92. The van der Waals surface area contributed by atoms with E-state index in [1.54, 1.807) is 7.11 Å². The van der Waals surface area contributed by atoms with Crippen molar-refractivity contribution in [1.29, 1.82) is 0 Å². The van der Waals surface area contributed by atoms with E-state index in [-0.39, 0.29) is 0 Å². The van der Waals surface area contributed by atoms with Crippen molar-refractivity contribution in [3.8, 4) is 5.75 Å². The lowest BCUT2D eigenvalue weighted by Gasteiger charge is -2.20. The van der Waals surface area contributed by atoms with E-state index in [0.29, 0.717) is 11.0 Å². The first-order valence-electron chi connectivity index (χ1n) is 9.63. The maximum Gasteiger partial charge on any atom is 0.170 e. The number of nitrogens with zero attached hydrogens (tertiary/aromatic N) is 1. The second kappa shape index (κ2) is 9.09. The average Bonchev–Trinajstić information content (AvgIpc) is 3.17. The van der Waals surface area contributed by atoms with Crippen molar-refractivity contribution < 1.29 is 4.74 Å². The Kier molecular flexibility index (Phi) is 6.56. The Hall–Kier alpha value is -2.27. The number of aryl methyl sites for hydroxylation is 2. The molecule has 0 unspecified atom stereocenters. The number of methoxy groups -OCH3 is 1. The Morgan fingerprint density at radius 3 is 2.70 bits per heavy atom. The third-order valence-electron chi connectivity index (χ3n) is 5.25. The van der Waals surface area contributed by atoms with Gasteiger partial charge in [0.1, 0.15) is 5.75 Å². The molecule has 1 aliphatic rings. The summed E-state index contributed by atoms with van der Waals surface area (Å²) in [7, 11) is 1.70. The minimum Gasteiger partial charge on any atom is -0.497 e. The van der Waals surface area contributed by atoms with Crippen LogP contribution in [0.25, 0.3) is 0 Å². The van der Waals surface area contributed by atoms with Gasteiger partial charge >= 0.3 is 0 Å². The van der Waals surface area contributed by atoms with Crippen molar-refractivity contribution in [2.24, 2.45) is 5.92 Å². The molecule has 0 bridgehead atoms. The van der Waals surface area contributed by atoms with Crippen LogP contribution in [0.1, 0.15) is 24.5 Å². The van der Waals surface area contributed by atoms with Crippen molar-refractivity contribution in [3.05, 3.63) is 53.6 Å². The zero-order valence-corrected chi connectivity index (χ0v) is 17.2. The van der Waals surface area contributed by atoms with Crippen LogP contribution in [0.4, 0.5) is 11.4 Å². The van der Waals surface area contributed by atoms with Gasteiger partial charge in [0.15, 0.2) is 5.11 Å². The minimum absolute atomic E-state index is 0.592. The van der Waals surface area contributed by atoms with Crippen LogP contribution in [-0.4, -0.2) is 31.9 Å². The van der Waals surface area contributed by atoms with Gasteiger partial charge in [-0.25, -0.2) is 0 Å². The van der Waals surface area contributed by atoms with Gasteiger partial charge in [0.05, 0.1) is 7.11 Å². The maximum atomic E-state index is 5.54. The van der Waals surface area contributed by atoms with Crippen molar-refractivity contribution in [3.63, 3.8) is 0 Å². The summed E-state index contributed by atoms with van der Waals surface area (Å²) in [6, 6.07) is 14.7. The summed E-state index contributed by atoms with van der Waals surface area (Å²) >= 11 is 5.54. The van der Waals surface area contributed by atoms with E-state index < -0.39 is 0 Å². The Morgan fingerprint density at radius 2 is 2.00 bits per heavy atom. The first-order chi connectivity index (χ1) is 13.1. The Morgan fingerprint density at radius 1 is 1.22 bits per heavy atom. The minimum atomic E-state index is 0.592. The summed E-state index contributed by atoms with van der Waals surface area (Å²) in [5.74, 6) is 1.49. The lowest BCUT2D eigenvalue weighted by molar-refractivity contribution is 0.415. The molecule has 1 fully saturated rings. The average molecular weight is 384 g/mol. The number of thiocarbonyl (C=S) groups is 1. The highest BCUT2D eigenvalue weighted by atomic mass is 32.1. The molecule has 1 aliphatic heterocycles. The summed E-state index contributed by atoms with van der Waals surface area (Å²) in [5, 5.41) is 7.53. The molecule has 5 heteroatoms. The molecule has 1 atom stereocenters. The summed E-state index contributed by atoms with van der Waals surface area (Å²) in [5.41, 5.74) is 4.92. The fraction of sp³-hybridized carbons (Fsp3) is 0.409. The largest absolute Gasteiger partial charge is 0.497 e. The first-order valence-corrected chi connectivity index (χ1v) is 10.0. The number of nitrogens with one attached hydrogen (secondary N) is 2. The molecular weight excluding hydrogens is 354 g/mol. The molecule has 2 aromatic rings. The molecule has 1 saturated heterocycles. The van der Waals surface area contributed by atoms with E-state index in [1.807, 2.05) is 12.1 Å². The van der Waals surface area contributed by atoms with Gasteiger partial charge in [-0.1, -0.05) is 25.1 Å². The molecule has 0 aromatic heterocycles. The zero-order valence-electron chi connectivity index (χ0n) is 16.4. The predicted molar refractivity (Wildman–Crippen MR) is 118 cm³/mol. The number of ether oxygens (including phenoxy) is 1. The SMILES string of the molecule is CCc1cccc(C)c1NC(=S)NC[C@@H]1CCN(c2ccc(OC)cc2)C1. The monoisotopic (exact) mass is 383 g/mol. The van der Waals surface area contributed by atoms with Crippen LogP contribution in [0.3, 0.4) is 0 Å². The standard InChI is InChI=1S/C22H29N3OS/c1-4-18-7-5-6-16(2)21(18)24-22(27)23-14-17-12-13-25(15-17)19-8-10-20(26-3)11-9-19/h5-11,17H,4,12-15H2,1-3H3,(H2,23,24,27)/t17-/m0/s1. The number of hydrogen-bond donors (Lipinski definition) is 2. The van der Waals surface area contributed by atoms with Crippen LogP contribution in [-0.2, 0) is 6.42 Å². The normalized spacial score (nSPS) is 16.3. The molecule has 0 spiro atoms. The molecule has 0 aliphatic carbocycles. The summed E-state index contributed by atoms with van der Waals surface area (Å²) in [6.07, 6.45) is 2.16. The van der Waals surface area contributed by atoms with Crippen molar-refractivity contribution in [2.45, 2.75) is 26.7 Å². The van der Waals surface area contributed by atoms with E-state index in [0.717, 1.165) is 37.5 Å². The molecule has 0 radical (unpaired) electrons. The fourth-order valence-corrected chi connectivity index (χ4v) is 3.81. The smallest absolute Gasteiger partial charge is 0.170 e. The van der Waals surface area contributed by atoms with Crippen molar-refractivity contribution in [1.82, 2.24) is 5.32 Å². The fourth-order valence-electron chi connectivity index (χ4n) is 3.62. The lowest BCUT2D eigenvalue weighted by atomic mass is 10.1. The number of anilines is 2. The summed E-state index contributed by atoms with van der Waals surface area (Å²) < 4.78 is 5.24. The lowest BCUT2D eigenvalue weighted by Crippen LogP contribution is -2.34. The van der Waals surface area contributed by atoms with E-state index in [4.69, 9.17) is 17.0 Å². The second-order valence-corrected chi connectivity index (χ2v) is 7.50. The van der Waals surface area contributed by atoms with Gasteiger partial charge in [-0.15, -0.1) is 0 Å². The molecular formula is C22H29N3OS. The predicted octanol–water partition coefficient (Wildman–Crippen LogP) is 4.38. The van der Waals surface area contributed by atoms with E-state index in [1.165, 1.54) is 23.2 Å². The highest BCUT2D eigenvalue weighted by Crippen LogP contribution is 2.25. The molecule has 2 N–H and O–H groups in total. The maximum absolute atomic E-state index is 5.54. The van der Waals surface area contributed by atoms with Crippen molar-refractivity contribution in [2.75, 3.05) is 37.0 Å². The van der Waals surface area contributed by atoms with Crippen LogP contribution in [0, 0.1) is 12.8 Å². The molecule has 3 rings (SSSR count). The molecule has 4 nitrogen and oxygen atoms in total. The van der Waals surface area contributed by atoms with Crippen LogP contribution in [0.5, 0.6) is 5.75 Å². The van der Waals surface area contributed by atoms with Gasteiger partial charge in [0.2, 0.25) is 0 Å². The molecule has 0 amide bonds. The van der Waals surface area contributed by atoms with Gasteiger partial charge in [-0.3, -0.25) is 0 Å². The number of hydrogen-bond acceptors (Lipinski definition) is 3. The van der Waals surface area contributed by atoms with Gasteiger partial charge in [-0.05, 0) is 73.3 Å². The number of rotatable bonds is 6. The number of benzene rings is 2. The highest BCUT2D eigenvalue weighted by Gasteiger charge is 2.22. The van der Waals surface area contributed by atoms with Gasteiger partial charge in [0, 0.05) is 31.0 Å². The van der Waals surface area contributed by atoms with Crippen LogP contribution in [0.2, 0.25) is 0 Å². The molecule has 0 saturated carbocycles. The van der Waals surface area contributed by atoms with Crippen LogP contribution in [0.15, 0.2) is 42.5 Å². The quantitative estimate of drug-likeness (QED) is 0.724. The van der Waals surface area contributed by atoms with E-state index in [2.05, 4.69) is 59.7 Å². The summed E-state index contributed by atoms with van der Waals surface area (Å²) in [4.78, 5) is 2.43. The van der Waals surface area contributed by atoms with E-state index >= 15 is 0 Å². The van der Waals surface area contributed by atoms with Crippen molar-refractivity contribution >= 4 is 28.7 Å². The van der Waals surface area contributed by atoms with E-state index in [9.17, 15) is 0 Å². The van der Waals surface area contributed by atoms with Crippen LogP contribution < -0.4 is 20.3 Å². The second-order valence-electron chi connectivity index (χ2n) is 7.10. The Labute approximate surface area is 167 Å². The van der Waals surface area contributed by atoms with Gasteiger partial charge < -0.3 is 20.3 Å². The molecule has 2 aromatic carbocycles. The highest BCUT2D eigenvalue weighted by molar-refractivity contribution is 7.80. The number of para-hydroxylation sites is 1. The zero-order chi connectivity index (χ0) is 19.2. The summed E-state index contributed by atoms with van der Waals surface area (Å²) in [6.45, 7) is 7.31. The van der Waals surface area contributed by atoms with Crippen LogP contribution >= 0.6 is 12.2 Å². The van der Waals surface area contributed by atoms with Gasteiger partial charge in [-0.2, -0.15) is 0 Å². The topological polar surface area (TPSA) is 36.5 Å². The Bertz CT molecular complexity index is 776. The Balaban J connectivity index is 1.50.